The molecule has 2 heterocycles. The van der Waals surface area contributed by atoms with Crippen molar-refractivity contribution >= 4 is 34.9 Å². The summed E-state index contributed by atoms with van der Waals surface area (Å²) in [6, 6.07) is 8.79. The summed E-state index contributed by atoms with van der Waals surface area (Å²) in [4.78, 5) is 17.0. The van der Waals surface area contributed by atoms with Crippen LogP contribution in [-0.4, -0.2) is 42.0 Å². The van der Waals surface area contributed by atoms with Crippen molar-refractivity contribution in [3.63, 3.8) is 0 Å². The van der Waals surface area contributed by atoms with Crippen molar-refractivity contribution in [3.8, 4) is 0 Å². The number of carbonyl (C=O) groups excluding carboxylic acids is 1. The SMILES string of the molecule is CN1CCC(N(Cc2ccco2)C(=O)Nc2ccc(Cl)c(Cl)c2)CC1. The molecule has 1 aromatic heterocycles. The molecule has 0 bridgehead atoms. The van der Waals surface area contributed by atoms with Crippen LogP contribution >= 0.6 is 23.2 Å². The highest BCUT2D eigenvalue weighted by Crippen LogP contribution is 2.26. The van der Waals surface area contributed by atoms with E-state index >= 15 is 0 Å². The minimum atomic E-state index is -0.163. The smallest absolute Gasteiger partial charge is 0.322 e. The number of hydrogen-bond donors (Lipinski definition) is 1. The van der Waals surface area contributed by atoms with Gasteiger partial charge in [0.25, 0.3) is 0 Å². The zero-order valence-corrected chi connectivity index (χ0v) is 15.6. The number of carbonyl (C=O) groups is 1. The first-order chi connectivity index (χ1) is 12.0. The van der Waals surface area contributed by atoms with Gasteiger partial charge in [-0.3, -0.25) is 0 Å². The Morgan fingerprint density at radius 3 is 2.68 bits per heavy atom. The first-order valence-corrected chi connectivity index (χ1v) is 9.02. The monoisotopic (exact) mass is 381 g/mol. The van der Waals surface area contributed by atoms with E-state index < -0.39 is 0 Å². The number of nitrogens with zero attached hydrogens (tertiary/aromatic N) is 2. The third-order valence-electron chi connectivity index (χ3n) is 4.47. The molecule has 0 atom stereocenters. The number of urea groups is 1. The third-order valence-corrected chi connectivity index (χ3v) is 5.21. The molecule has 0 saturated carbocycles. The van der Waals surface area contributed by atoms with E-state index in [4.69, 9.17) is 27.6 Å². The van der Waals surface area contributed by atoms with Gasteiger partial charge in [0.1, 0.15) is 5.76 Å². The van der Waals surface area contributed by atoms with E-state index in [1.807, 2.05) is 17.0 Å². The Balaban J connectivity index is 1.74. The van der Waals surface area contributed by atoms with Gasteiger partial charge in [0, 0.05) is 11.7 Å². The van der Waals surface area contributed by atoms with E-state index in [0.29, 0.717) is 22.3 Å². The third kappa shape index (κ3) is 4.69. The van der Waals surface area contributed by atoms with Crippen LogP contribution in [0.1, 0.15) is 18.6 Å². The van der Waals surface area contributed by atoms with Gasteiger partial charge in [0.2, 0.25) is 0 Å². The highest BCUT2D eigenvalue weighted by Gasteiger charge is 2.28. The molecule has 1 saturated heterocycles. The van der Waals surface area contributed by atoms with Crippen LogP contribution in [0, 0.1) is 0 Å². The molecular weight excluding hydrogens is 361 g/mol. The van der Waals surface area contributed by atoms with Gasteiger partial charge < -0.3 is 19.5 Å². The number of rotatable bonds is 4. The molecule has 1 N–H and O–H groups in total. The molecule has 2 amide bonds. The topological polar surface area (TPSA) is 48.7 Å². The first kappa shape index (κ1) is 18.1. The minimum Gasteiger partial charge on any atom is -0.467 e. The molecule has 1 aliphatic rings. The quantitative estimate of drug-likeness (QED) is 0.833. The normalized spacial score (nSPS) is 16.0. The number of hydrogen-bond acceptors (Lipinski definition) is 3. The highest BCUT2D eigenvalue weighted by molar-refractivity contribution is 6.42. The number of halogens is 2. The van der Waals surface area contributed by atoms with Crippen molar-refractivity contribution in [2.24, 2.45) is 0 Å². The summed E-state index contributed by atoms with van der Waals surface area (Å²) < 4.78 is 5.44. The molecule has 2 aromatic rings. The molecule has 0 aliphatic carbocycles. The summed E-state index contributed by atoms with van der Waals surface area (Å²) in [6.45, 7) is 2.38. The maximum atomic E-state index is 12.9. The fourth-order valence-electron chi connectivity index (χ4n) is 3.01. The van der Waals surface area contributed by atoms with Crippen LogP contribution in [0.2, 0.25) is 10.0 Å². The molecule has 134 valence electrons. The average Bonchev–Trinajstić information content (AvgIpc) is 3.10. The molecule has 25 heavy (non-hydrogen) atoms. The number of anilines is 1. The van der Waals surface area contributed by atoms with Crippen molar-refractivity contribution in [3.05, 3.63) is 52.4 Å². The summed E-state index contributed by atoms with van der Waals surface area (Å²) in [7, 11) is 2.10. The Kier molecular flexibility index (Phi) is 5.89. The Morgan fingerprint density at radius 2 is 2.04 bits per heavy atom. The lowest BCUT2D eigenvalue weighted by atomic mass is 10.0. The Morgan fingerprint density at radius 1 is 1.28 bits per heavy atom. The van der Waals surface area contributed by atoms with Gasteiger partial charge in [-0.05, 0) is 63.3 Å². The van der Waals surface area contributed by atoms with E-state index in [1.165, 1.54) is 0 Å². The molecule has 0 unspecified atom stereocenters. The molecule has 1 aliphatic heterocycles. The largest absolute Gasteiger partial charge is 0.467 e. The number of furan rings is 1. The van der Waals surface area contributed by atoms with Crippen LogP contribution in [0.4, 0.5) is 10.5 Å². The van der Waals surface area contributed by atoms with Crippen LogP contribution in [0.25, 0.3) is 0 Å². The second-order valence-electron chi connectivity index (χ2n) is 6.30. The van der Waals surface area contributed by atoms with E-state index in [2.05, 4.69) is 17.3 Å². The van der Waals surface area contributed by atoms with Gasteiger partial charge in [0.15, 0.2) is 0 Å². The van der Waals surface area contributed by atoms with E-state index in [9.17, 15) is 4.79 Å². The molecule has 0 radical (unpaired) electrons. The lowest BCUT2D eigenvalue weighted by Gasteiger charge is -2.36. The lowest BCUT2D eigenvalue weighted by molar-refractivity contribution is 0.130. The predicted octanol–water partition coefficient (Wildman–Crippen LogP) is 4.71. The van der Waals surface area contributed by atoms with Crippen LogP contribution in [0.15, 0.2) is 41.0 Å². The molecule has 5 nitrogen and oxygen atoms in total. The minimum absolute atomic E-state index is 0.163. The van der Waals surface area contributed by atoms with Gasteiger partial charge in [-0.25, -0.2) is 4.79 Å². The molecule has 1 fully saturated rings. The van der Waals surface area contributed by atoms with Gasteiger partial charge in [0.05, 0.1) is 22.9 Å². The van der Waals surface area contributed by atoms with Crippen molar-refractivity contribution in [1.29, 1.82) is 0 Å². The Labute approximate surface area is 157 Å². The zero-order chi connectivity index (χ0) is 17.8. The fourth-order valence-corrected chi connectivity index (χ4v) is 3.31. The van der Waals surface area contributed by atoms with Gasteiger partial charge >= 0.3 is 6.03 Å². The summed E-state index contributed by atoms with van der Waals surface area (Å²) >= 11 is 12.0. The number of nitrogens with one attached hydrogen (secondary N) is 1. The standard InChI is InChI=1S/C18H21Cl2N3O2/c1-22-8-6-14(7-9-22)23(12-15-3-2-10-25-15)18(24)21-13-4-5-16(19)17(20)11-13/h2-5,10-11,14H,6-9,12H2,1H3,(H,21,24). The molecule has 7 heteroatoms. The van der Waals surface area contributed by atoms with Crippen LogP contribution in [0.3, 0.4) is 0 Å². The van der Waals surface area contributed by atoms with E-state index in [1.54, 1.807) is 24.5 Å². The van der Waals surface area contributed by atoms with Crippen LogP contribution < -0.4 is 5.32 Å². The second kappa shape index (κ2) is 8.13. The molecule has 3 rings (SSSR count). The van der Waals surface area contributed by atoms with Gasteiger partial charge in [-0.15, -0.1) is 0 Å². The zero-order valence-electron chi connectivity index (χ0n) is 14.0. The first-order valence-electron chi connectivity index (χ1n) is 8.26. The number of likely N-dealkylation sites (tertiary alicyclic amines) is 1. The van der Waals surface area contributed by atoms with Crippen LogP contribution in [-0.2, 0) is 6.54 Å². The van der Waals surface area contributed by atoms with Crippen molar-refractivity contribution < 1.29 is 9.21 Å². The number of amides is 2. The maximum absolute atomic E-state index is 12.9. The summed E-state index contributed by atoms with van der Waals surface area (Å²) in [5.41, 5.74) is 0.622. The summed E-state index contributed by atoms with van der Waals surface area (Å²) in [5.74, 6) is 0.767. The fraction of sp³-hybridized carbons (Fsp3) is 0.389. The second-order valence-corrected chi connectivity index (χ2v) is 7.12. The van der Waals surface area contributed by atoms with E-state index in [0.717, 1.165) is 31.7 Å². The number of benzene rings is 1. The van der Waals surface area contributed by atoms with E-state index in [-0.39, 0.29) is 12.1 Å². The Hall–Kier alpha value is -1.69. The molecular formula is C18H21Cl2N3O2. The molecule has 0 spiro atoms. The average molecular weight is 382 g/mol. The summed E-state index contributed by atoms with van der Waals surface area (Å²) in [6.07, 6.45) is 3.50. The van der Waals surface area contributed by atoms with Crippen molar-refractivity contribution in [1.82, 2.24) is 9.80 Å². The highest BCUT2D eigenvalue weighted by atomic mass is 35.5. The Bertz CT molecular complexity index is 713. The predicted molar refractivity (Wildman–Crippen MR) is 100 cm³/mol. The van der Waals surface area contributed by atoms with Gasteiger partial charge in [-0.2, -0.15) is 0 Å². The maximum Gasteiger partial charge on any atom is 0.322 e. The van der Waals surface area contributed by atoms with Crippen molar-refractivity contribution in [2.75, 3.05) is 25.5 Å². The summed E-state index contributed by atoms with van der Waals surface area (Å²) in [5, 5.41) is 3.79. The van der Waals surface area contributed by atoms with Crippen molar-refractivity contribution in [2.45, 2.75) is 25.4 Å². The molecule has 1 aromatic carbocycles. The van der Waals surface area contributed by atoms with Crippen LogP contribution in [0.5, 0.6) is 0 Å². The van der Waals surface area contributed by atoms with Gasteiger partial charge in [-0.1, -0.05) is 23.2 Å². The lowest BCUT2D eigenvalue weighted by Crippen LogP contribution is -2.47. The number of piperidine rings is 1.